The largest absolute Gasteiger partial charge is 0.508 e. The number of aromatic hydroxyl groups is 3. The highest BCUT2D eigenvalue weighted by atomic mass is 16.3. The van der Waals surface area contributed by atoms with Crippen LogP contribution in [-0.4, -0.2) is 38.2 Å². The fraction of sp³-hybridized carbons (Fsp3) is 0.310. The maximum atomic E-state index is 11.3. The molecular formula is C29H30N2O4. The van der Waals surface area contributed by atoms with Crippen LogP contribution in [-0.2, 0) is 25.9 Å². The SMILES string of the molecule is Oc1ccccc1CN1CCN(Cc2ccccc2O)C1c1c(O)ccc2oc3c(c12)CCCC3. The first kappa shape index (κ1) is 22.0. The number of nitrogens with zero attached hydrogens (tertiary/aromatic N) is 2. The first-order valence-corrected chi connectivity index (χ1v) is 12.4. The van der Waals surface area contributed by atoms with Crippen LogP contribution in [0.3, 0.4) is 0 Å². The third-order valence-electron chi connectivity index (χ3n) is 7.49. The third kappa shape index (κ3) is 3.93. The molecule has 35 heavy (non-hydrogen) atoms. The van der Waals surface area contributed by atoms with E-state index in [-0.39, 0.29) is 23.4 Å². The van der Waals surface area contributed by atoms with Crippen molar-refractivity contribution < 1.29 is 19.7 Å². The van der Waals surface area contributed by atoms with Gasteiger partial charge in [-0.25, -0.2) is 0 Å². The van der Waals surface area contributed by atoms with Gasteiger partial charge in [0.15, 0.2) is 0 Å². The quantitative estimate of drug-likeness (QED) is 0.360. The van der Waals surface area contributed by atoms with Crippen LogP contribution in [0, 0.1) is 0 Å². The lowest BCUT2D eigenvalue weighted by Crippen LogP contribution is -2.31. The van der Waals surface area contributed by atoms with Crippen molar-refractivity contribution in [3.05, 3.63) is 88.7 Å². The van der Waals surface area contributed by atoms with Crippen molar-refractivity contribution in [1.29, 1.82) is 0 Å². The topological polar surface area (TPSA) is 80.3 Å². The second-order valence-corrected chi connectivity index (χ2v) is 9.65. The summed E-state index contributed by atoms with van der Waals surface area (Å²) in [5.41, 5.74) is 4.60. The Balaban J connectivity index is 1.48. The number of hydrogen-bond donors (Lipinski definition) is 3. The minimum Gasteiger partial charge on any atom is -0.508 e. The molecule has 1 fully saturated rings. The molecule has 3 aromatic carbocycles. The summed E-state index contributed by atoms with van der Waals surface area (Å²) in [5, 5.41) is 33.3. The van der Waals surface area contributed by atoms with E-state index < -0.39 is 0 Å². The predicted molar refractivity (Wildman–Crippen MR) is 134 cm³/mol. The van der Waals surface area contributed by atoms with Gasteiger partial charge >= 0.3 is 0 Å². The molecule has 2 heterocycles. The maximum absolute atomic E-state index is 11.3. The Morgan fingerprint density at radius 2 is 1.31 bits per heavy atom. The number of benzene rings is 3. The Kier molecular flexibility index (Phi) is 5.63. The van der Waals surface area contributed by atoms with Gasteiger partial charge in [-0.1, -0.05) is 36.4 Å². The molecule has 0 spiro atoms. The van der Waals surface area contributed by atoms with E-state index >= 15 is 0 Å². The molecule has 6 nitrogen and oxygen atoms in total. The monoisotopic (exact) mass is 470 g/mol. The summed E-state index contributed by atoms with van der Waals surface area (Å²) in [4.78, 5) is 4.59. The van der Waals surface area contributed by atoms with Crippen LogP contribution in [0.2, 0.25) is 0 Å². The van der Waals surface area contributed by atoms with Crippen molar-refractivity contribution in [1.82, 2.24) is 9.80 Å². The molecule has 0 saturated carbocycles. The summed E-state index contributed by atoms with van der Waals surface area (Å²) in [6, 6.07) is 18.5. The molecule has 0 unspecified atom stereocenters. The second-order valence-electron chi connectivity index (χ2n) is 9.65. The number of hydrogen-bond acceptors (Lipinski definition) is 6. The minimum atomic E-state index is -0.235. The number of phenolic OH excluding ortho intramolecular Hbond substituents is 3. The van der Waals surface area contributed by atoms with Gasteiger partial charge in [0.25, 0.3) is 0 Å². The van der Waals surface area contributed by atoms with Gasteiger partial charge in [0.1, 0.15) is 28.6 Å². The fourth-order valence-corrected chi connectivity index (χ4v) is 5.79. The minimum absolute atomic E-state index is 0.235. The Hall–Kier alpha value is -3.48. The number of phenols is 3. The van der Waals surface area contributed by atoms with Crippen LogP contribution in [0.15, 0.2) is 65.1 Å². The zero-order chi connectivity index (χ0) is 23.9. The predicted octanol–water partition coefficient (Wildman–Crippen LogP) is 5.45. The van der Waals surface area contributed by atoms with Crippen LogP contribution >= 0.6 is 0 Å². The van der Waals surface area contributed by atoms with Crippen LogP contribution in [0.1, 0.15) is 47.0 Å². The lowest BCUT2D eigenvalue weighted by Gasteiger charge is -2.32. The standard InChI is InChI=1S/C29H30N2O4/c32-22-10-4-1-7-19(22)17-30-15-16-31(18-20-8-2-5-11-23(20)33)29(30)28-24(34)13-14-26-27(28)21-9-3-6-12-25(21)35-26/h1-2,4-5,7-8,10-11,13-14,29,32-34H,3,6,9,12,15-18H2. The normalized spacial score (nSPS) is 17.3. The van der Waals surface area contributed by atoms with E-state index in [2.05, 4.69) is 9.80 Å². The molecule has 180 valence electrons. The first-order valence-electron chi connectivity index (χ1n) is 12.4. The van der Waals surface area contributed by atoms with Gasteiger partial charge in [-0.3, -0.25) is 9.80 Å². The summed E-state index contributed by atoms with van der Waals surface area (Å²) in [6.07, 6.45) is 3.88. The highest BCUT2D eigenvalue weighted by molar-refractivity contribution is 5.88. The van der Waals surface area contributed by atoms with Crippen LogP contribution in [0.25, 0.3) is 11.0 Å². The number of furan rings is 1. The van der Waals surface area contributed by atoms with Crippen molar-refractivity contribution in [2.75, 3.05) is 13.1 Å². The summed E-state index contributed by atoms with van der Waals surface area (Å²) in [6.45, 7) is 2.62. The molecule has 3 N–H and O–H groups in total. The fourth-order valence-electron chi connectivity index (χ4n) is 5.79. The first-order chi connectivity index (χ1) is 17.1. The molecule has 1 saturated heterocycles. The number of fused-ring (bicyclic) bond motifs is 3. The molecule has 0 amide bonds. The van der Waals surface area contributed by atoms with Crippen LogP contribution < -0.4 is 0 Å². The zero-order valence-electron chi connectivity index (χ0n) is 19.7. The summed E-state index contributed by atoms with van der Waals surface area (Å²) in [7, 11) is 0. The summed E-state index contributed by atoms with van der Waals surface area (Å²) in [5.74, 6) is 1.83. The van der Waals surface area contributed by atoms with E-state index in [0.717, 1.165) is 72.2 Å². The molecule has 0 atom stereocenters. The molecule has 0 radical (unpaired) electrons. The van der Waals surface area contributed by atoms with E-state index in [4.69, 9.17) is 4.42 Å². The van der Waals surface area contributed by atoms with Crippen LogP contribution in [0.4, 0.5) is 0 Å². The van der Waals surface area contributed by atoms with Gasteiger partial charge < -0.3 is 19.7 Å². The molecule has 0 bridgehead atoms. The van der Waals surface area contributed by atoms with E-state index in [1.165, 1.54) is 5.56 Å². The van der Waals surface area contributed by atoms with Crippen molar-refractivity contribution >= 4 is 11.0 Å². The van der Waals surface area contributed by atoms with Crippen molar-refractivity contribution in [3.63, 3.8) is 0 Å². The average Bonchev–Trinajstić information content (AvgIpc) is 3.43. The molecular weight excluding hydrogens is 440 g/mol. The highest BCUT2D eigenvalue weighted by Crippen LogP contribution is 2.45. The van der Waals surface area contributed by atoms with Gasteiger partial charge in [-0.15, -0.1) is 0 Å². The van der Waals surface area contributed by atoms with Gasteiger partial charge in [0.2, 0.25) is 0 Å². The Morgan fingerprint density at radius 1 is 0.714 bits per heavy atom. The summed E-state index contributed by atoms with van der Waals surface area (Å²) < 4.78 is 6.26. The smallest absolute Gasteiger partial charge is 0.135 e. The van der Waals surface area contributed by atoms with Crippen LogP contribution in [0.5, 0.6) is 17.2 Å². The Morgan fingerprint density at radius 3 is 1.94 bits per heavy atom. The lowest BCUT2D eigenvalue weighted by atomic mass is 9.92. The van der Waals surface area contributed by atoms with Gasteiger partial charge in [-0.05, 0) is 43.5 Å². The van der Waals surface area contributed by atoms with E-state index in [1.54, 1.807) is 18.2 Å². The van der Waals surface area contributed by atoms with Crippen molar-refractivity contribution in [2.24, 2.45) is 0 Å². The molecule has 1 aliphatic carbocycles. The molecule has 1 aromatic heterocycles. The highest BCUT2D eigenvalue weighted by Gasteiger charge is 2.38. The van der Waals surface area contributed by atoms with E-state index in [0.29, 0.717) is 13.1 Å². The molecule has 6 heteroatoms. The average molecular weight is 471 g/mol. The van der Waals surface area contributed by atoms with Gasteiger partial charge in [0.05, 0.1) is 6.17 Å². The Bertz CT molecular complexity index is 1320. The number of rotatable bonds is 5. The summed E-state index contributed by atoms with van der Waals surface area (Å²) >= 11 is 0. The maximum Gasteiger partial charge on any atom is 0.135 e. The van der Waals surface area contributed by atoms with E-state index in [9.17, 15) is 15.3 Å². The van der Waals surface area contributed by atoms with Gasteiger partial charge in [0, 0.05) is 60.2 Å². The zero-order valence-corrected chi connectivity index (χ0v) is 19.7. The molecule has 4 aromatic rings. The lowest BCUT2D eigenvalue weighted by molar-refractivity contribution is 0.123. The third-order valence-corrected chi connectivity index (χ3v) is 7.49. The number of para-hydroxylation sites is 2. The molecule has 1 aliphatic heterocycles. The Labute approximate surface area is 204 Å². The van der Waals surface area contributed by atoms with Gasteiger partial charge in [-0.2, -0.15) is 0 Å². The van der Waals surface area contributed by atoms with Crippen molar-refractivity contribution in [2.45, 2.75) is 44.9 Å². The number of aryl methyl sites for hydroxylation is 2. The second kappa shape index (κ2) is 8.95. The molecule has 2 aliphatic rings. The van der Waals surface area contributed by atoms with Crippen molar-refractivity contribution in [3.8, 4) is 17.2 Å². The molecule has 6 rings (SSSR count). The van der Waals surface area contributed by atoms with E-state index in [1.807, 2.05) is 42.5 Å².